The molecule has 29 heavy (non-hydrogen) atoms. The zero-order valence-corrected chi connectivity index (χ0v) is 14.5. The minimum atomic E-state index is -4.84. The minimum absolute atomic E-state index is 0.0407. The number of fused-ring (bicyclic) bond motifs is 3. The Morgan fingerprint density at radius 1 is 1.10 bits per heavy atom. The van der Waals surface area contributed by atoms with Crippen molar-refractivity contribution in [2.75, 3.05) is 0 Å². The number of hydrogen-bond acceptors (Lipinski definition) is 6. The topological polar surface area (TPSA) is 98.5 Å². The first-order valence-electron chi connectivity index (χ1n) is 8.27. The van der Waals surface area contributed by atoms with Crippen LogP contribution in [0.25, 0.3) is 11.0 Å². The van der Waals surface area contributed by atoms with Gasteiger partial charge in [0.05, 0.1) is 16.9 Å². The van der Waals surface area contributed by atoms with Crippen molar-refractivity contribution in [3.63, 3.8) is 0 Å². The van der Waals surface area contributed by atoms with Crippen LogP contribution in [0.15, 0.2) is 69.2 Å². The molecular weight excluding hydrogens is 389 g/mol. The van der Waals surface area contributed by atoms with Gasteiger partial charge in [0.15, 0.2) is 5.75 Å². The Morgan fingerprint density at radius 2 is 1.79 bits per heavy atom. The number of hydrogen-bond donors (Lipinski definition) is 1. The van der Waals surface area contributed by atoms with Gasteiger partial charge in [-0.3, -0.25) is 0 Å². The summed E-state index contributed by atoms with van der Waals surface area (Å²) >= 11 is 0. The van der Waals surface area contributed by atoms with Crippen LogP contribution in [0.5, 0.6) is 11.5 Å². The Bertz CT molecular complexity index is 1240. The van der Waals surface area contributed by atoms with Gasteiger partial charge in [-0.1, -0.05) is 24.3 Å². The molecule has 1 unspecified atom stereocenters. The van der Waals surface area contributed by atoms with Gasteiger partial charge >= 0.3 is 12.0 Å². The number of ether oxygens (including phenoxy) is 2. The van der Waals surface area contributed by atoms with E-state index in [1.54, 1.807) is 24.3 Å². The van der Waals surface area contributed by atoms with E-state index >= 15 is 0 Å². The van der Waals surface area contributed by atoms with E-state index < -0.39 is 23.7 Å². The maximum Gasteiger partial charge on any atom is 0.573 e. The summed E-state index contributed by atoms with van der Waals surface area (Å²) < 4.78 is 52.0. The third-order valence-electron chi connectivity index (χ3n) is 4.42. The van der Waals surface area contributed by atoms with Crippen molar-refractivity contribution in [2.24, 2.45) is 5.73 Å². The van der Waals surface area contributed by atoms with Crippen molar-refractivity contribution in [3.05, 3.63) is 81.5 Å². The minimum Gasteiger partial charge on any atom is -0.439 e. The fraction of sp³-hybridized carbons (Fsp3) is 0.100. The summed E-state index contributed by atoms with van der Waals surface area (Å²) in [7, 11) is 0. The molecule has 2 heterocycles. The second kappa shape index (κ2) is 6.60. The van der Waals surface area contributed by atoms with Gasteiger partial charge in [-0.25, -0.2) is 4.79 Å². The van der Waals surface area contributed by atoms with Gasteiger partial charge in [0.2, 0.25) is 5.88 Å². The van der Waals surface area contributed by atoms with E-state index in [1.807, 2.05) is 6.07 Å². The largest absolute Gasteiger partial charge is 0.573 e. The summed E-state index contributed by atoms with van der Waals surface area (Å²) in [5.41, 5.74) is 5.80. The molecule has 4 rings (SSSR count). The molecule has 0 radical (unpaired) electrons. The SMILES string of the molecule is N#CC1=C(N)Oc2c(c(=O)oc3ccccc23)C1c1ccc(OC(F)(F)F)cc1. The van der Waals surface area contributed by atoms with Crippen LogP contribution in [0.4, 0.5) is 13.2 Å². The molecule has 146 valence electrons. The predicted molar refractivity (Wildman–Crippen MR) is 94.9 cm³/mol. The van der Waals surface area contributed by atoms with E-state index in [9.17, 15) is 23.2 Å². The van der Waals surface area contributed by atoms with Crippen LogP contribution in [0.3, 0.4) is 0 Å². The van der Waals surface area contributed by atoms with Gasteiger partial charge in [0.25, 0.3) is 0 Å². The average Bonchev–Trinajstić information content (AvgIpc) is 2.66. The second-order valence-electron chi connectivity index (χ2n) is 6.17. The lowest BCUT2D eigenvalue weighted by Gasteiger charge is -2.26. The molecule has 3 aromatic rings. The molecule has 9 heteroatoms. The molecule has 1 aliphatic rings. The Labute approximate surface area is 161 Å². The average molecular weight is 400 g/mol. The first kappa shape index (κ1) is 18.4. The van der Waals surface area contributed by atoms with Crippen molar-refractivity contribution in [2.45, 2.75) is 12.3 Å². The smallest absolute Gasteiger partial charge is 0.439 e. The molecule has 0 spiro atoms. The van der Waals surface area contributed by atoms with Crippen LogP contribution >= 0.6 is 0 Å². The molecular formula is C20H11F3N2O4. The van der Waals surface area contributed by atoms with Crippen LogP contribution in [0.1, 0.15) is 17.0 Å². The molecule has 0 fully saturated rings. The van der Waals surface area contributed by atoms with Crippen molar-refractivity contribution < 1.29 is 27.1 Å². The van der Waals surface area contributed by atoms with E-state index in [4.69, 9.17) is 14.9 Å². The number of alkyl halides is 3. The number of nitrogens with zero attached hydrogens (tertiary/aromatic N) is 1. The lowest BCUT2D eigenvalue weighted by molar-refractivity contribution is -0.274. The van der Waals surface area contributed by atoms with Crippen LogP contribution in [0, 0.1) is 11.3 Å². The highest BCUT2D eigenvalue weighted by molar-refractivity contribution is 5.86. The number of nitrogens with two attached hydrogens (primary N) is 1. The lowest BCUT2D eigenvalue weighted by atomic mass is 9.84. The van der Waals surface area contributed by atoms with Gasteiger partial charge in [0, 0.05) is 0 Å². The van der Waals surface area contributed by atoms with E-state index in [2.05, 4.69) is 4.74 Å². The van der Waals surface area contributed by atoms with Gasteiger partial charge < -0.3 is 19.6 Å². The van der Waals surface area contributed by atoms with Crippen molar-refractivity contribution in [3.8, 4) is 17.6 Å². The molecule has 0 amide bonds. The van der Waals surface area contributed by atoms with Crippen molar-refractivity contribution in [1.82, 2.24) is 0 Å². The maximum atomic E-state index is 12.7. The summed E-state index contributed by atoms with van der Waals surface area (Å²) in [5, 5.41) is 10.0. The standard InChI is InChI=1S/C20H11F3N2O4/c21-20(22,23)29-11-7-5-10(6-8-11)15-13(9-24)18(25)28-17-12-3-1-2-4-14(12)27-19(26)16(15)17/h1-8,15H,25H2. The van der Waals surface area contributed by atoms with Crippen molar-refractivity contribution >= 4 is 11.0 Å². The third kappa shape index (κ3) is 3.25. The summed E-state index contributed by atoms with van der Waals surface area (Å²) in [6, 6.07) is 13.4. The van der Waals surface area contributed by atoms with E-state index in [0.29, 0.717) is 10.9 Å². The molecule has 0 saturated carbocycles. The van der Waals surface area contributed by atoms with Gasteiger partial charge in [-0.2, -0.15) is 5.26 Å². The van der Waals surface area contributed by atoms with Crippen LogP contribution in [-0.4, -0.2) is 6.36 Å². The molecule has 2 aromatic carbocycles. The highest BCUT2D eigenvalue weighted by Crippen LogP contribution is 2.43. The Morgan fingerprint density at radius 3 is 2.45 bits per heavy atom. The van der Waals surface area contributed by atoms with E-state index in [0.717, 1.165) is 12.1 Å². The fourth-order valence-corrected chi connectivity index (χ4v) is 3.26. The van der Waals surface area contributed by atoms with E-state index in [-0.39, 0.29) is 28.4 Å². The molecule has 1 aromatic heterocycles. The molecule has 1 atom stereocenters. The van der Waals surface area contributed by atoms with Gasteiger partial charge in [-0.05, 0) is 29.8 Å². The highest BCUT2D eigenvalue weighted by Gasteiger charge is 2.36. The van der Waals surface area contributed by atoms with E-state index in [1.165, 1.54) is 12.1 Å². The van der Waals surface area contributed by atoms with Gasteiger partial charge in [0.1, 0.15) is 23.0 Å². The Balaban J connectivity index is 1.90. The summed E-state index contributed by atoms with van der Waals surface area (Å²) in [5.74, 6) is -1.45. The predicted octanol–water partition coefficient (Wildman–Crippen LogP) is 3.91. The number of allylic oxidation sites excluding steroid dienone is 1. The van der Waals surface area contributed by atoms with Crippen LogP contribution in [-0.2, 0) is 0 Å². The lowest BCUT2D eigenvalue weighted by Crippen LogP contribution is -2.26. The molecule has 0 saturated heterocycles. The highest BCUT2D eigenvalue weighted by atomic mass is 19.4. The second-order valence-corrected chi connectivity index (χ2v) is 6.17. The monoisotopic (exact) mass is 400 g/mol. The number of para-hydroxylation sites is 1. The number of halogens is 3. The Hall–Kier alpha value is -3.93. The fourth-order valence-electron chi connectivity index (χ4n) is 3.26. The molecule has 2 N–H and O–H groups in total. The molecule has 1 aliphatic heterocycles. The van der Waals surface area contributed by atoms with Crippen molar-refractivity contribution in [1.29, 1.82) is 5.26 Å². The quantitative estimate of drug-likeness (QED) is 0.655. The first-order chi connectivity index (χ1) is 13.8. The first-order valence-corrected chi connectivity index (χ1v) is 8.27. The Kier molecular flexibility index (Phi) is 4.19. The zero-order chi connectivity index (χ0) is 20.8. The summed E-state index contributed by atoms with van der Waals surface area (Å²) in [6.07, 6.45) is -4.84. The normalized spacial score (nSPS) is 16.1. The van der Waals surface area contributed by atoms with Crippen LogP contribution in [0.2, 0.25) is 0 Å². The van der Waals surface area contributed by atoms with Crippen LogP contribution < -0.4 is 20.8 Å². The summed E-state index contributed by atoms with van der Waals surface area (Å²) in [6.45, 7) is 0. The number of benzene rings is 2. The third-order valence-corrected chi connectivity index (χ3v) is 4.42. The van der Waals surface area contributed by atoms with Gasteiger partial charge in [-0.15, -0.1) is 13.2 Å². The molecule has 0 bridgehead atoms. The maximum absolute atomic E-state index is 12.7. The summed E-state index contributed by atoms with van der Waals surface area (Å²) in [4.78, 5) is 12.7. The zero-order valence-electron chi connectivity index (χ0n) is 14.5. The molecule has 6 nitrogen and oxygen atoms in total. The number of rotatable bonds is 2. The molecule has 0 aliphatic carbocycles. The number of nitriles is 1.